The molecule has 2 aliphatic rings. The van der Waals surface area contributed by atoms with Gasteiger partial charge in [0.2, 0.25) is 5.91 Å². The van der Waals surface area contributed by atoms with E-state index in [0.29, 0.717) is 6.04 Å². The molecule has 0 radical (unpaired) electrons. The molecule has 0 spiro atoms. The minimum absolute atomic E-state index is 0.0249. The SMILES string of the molecule is CC(C(=O)N1CCC(N2CCNCC2)C1)c1ccc(Br)s1. The molecule has 0 aromatic carbocycles. The second-order valence-corrected chi connectivity index (χ2v) is 8.37. The highest BCUT2D eigenvalue weighted by atomic mass is 79.9. The van der Waals surface area contributed by atoms with Crippen molar-refractivity contribution in [3.05, 3.63) is 20.8 Å². The highest BCUT2D eigenvalue weighted by Crippen LogP contribution is 2.30. The molecule has 2 atom stereocenters. The van der Waals surface area contributed by atoms with Crippen LogP contribution in [-0.4, -0.2) is 61.0 Å². The van der Waals surface area contributed by atoms with Gasteiger partial charge in [0.05, 0.1) is 9.70 Å². The third kappa shape index (κ3) is 3.50. The summed E-state index contributed by atoms with van der Waals surface area (Å²) in [5, 5.41) is 3.39. The highest BCUT2D eigenvalue weighted by molar-refractivity contribution is 9.11. The summed E-state index contributed by atoms with van der Waals surface area (Å²) in [5.74, 6) is 0.255. The van der Waals surface area contributed by atoms with Gasteiger partial charge in [-0.25, -0.2) is 0 Å². The highest BCUT2D eigenvalue weighted by Gasteiger charge is 2.33. The topological polar surface area (TPSA) is 35.6 Å². The smallest absolute Gasteiger partial charge is 0.230 e. The van der Waals surface area contributed by atoms with E-state index in [1.165, 1.54) is 0 Å². The van der Waals surface area contributed by atoms with Crippen LogP contribution in [0.15, 0.2) is 15.9 Å². The van der Waals surface area contributed by atoms with Crippen LogP contribution in [0.5, 0.6) is 0 Å². The Labute approximate surface area is 138 Å². The van der Waals surface area contributed by atoms with Gasteiger partial charge in [0, 0.05) is 50.2 Å². The summed E-state index contributed by atoms with van der Waals surface area (Å²) in [6.45, 7) is 8.20. The first-order valence-corrected chi connectivity index (χ1v) is 9.25. The molecule has 3 heterocycles. The Morgan fingerprint density at radius 2 is 2.14 bits per heavy atom. The summed E-state index contributed by atoms with van der Waals surface area (Å²) in [7, 11) is 0. The van der Waals surface area contributed by atoms with Crippen molar-refractivity contribution in [2.24, 2.45) is 0 Å². The first kappa shape index (κ1) is 15.5. The molecule has 0 saturated carbocycles. The molecule has 1 aromatic rings. The molecule has 4 nitrogen and oxygen atoms in total. The van der Waals surface area contributed by atoms with E-state index in [-0.39, 0.29) is 11.8 Å². The van der Waals surface area contributed by atoms with Crippen molar-refractivity contribution in [3.63, 3.8) is 0 Å². The number of amides is 1. The molecular formula is C15H22BrN3OS. The number of nitrogens with zero attached hydrogens (tertiary/aromatic N) is 2. The molecule has 116 valence electrons. The lowest BCUT2D eigenvalue weighted by Crippen LogP contribution is -2.49. The van der Waals surface area contributed by atoms with Crippen molar-refractivity contribution in [3.8, 4) is 0 Å². The first-order valence-electron chi connectivity index (χ1n) is 7.64. The standard InChI is InChI=1S/C15H22BrN3OS/c1-11(13-2-3-14(16)21-13)15(20)19-7-4-12(10-19)18-8-5-17-6-9-18/h2-3,11-12,17H,4-10H2,1H3. The second-order valence-electron chi connectivity index (χ2n) is 5.88. The molecule has 0 aliphatic carbocycles. The van der Waals surface area contributed by atoms with E-state index in [0.717, 1.165) is 54.4 Å². The monoisotopic (exact) mass is 371 g/mol. The maximum atomic E-state index is 12.7. The van der Waals surface area contributed by atoms with E-state index in [9.17, 15) is 4.79 Å². The maximum Gasteiger partial charge on any atom is 0.230 e. The van der Waals surface area contributed by atoms with E-state index in [2.05, 4.69) is 37.1 Å². The minimum atomic E-state index is -0.0249. The van der Waals surface area contributed by atoms with Crippen LogP contribution in [-0.2, 0) is 4.79 Å². The molecule has 2 saturated heterocycles. The number of hydrogen-bond donors (Lipinski definition) is 1. The van der Waals surface area contributed by atoms with Crippen LogP contribution in [0.25, 0.3) is 0 Å². The molecular weight excluding hydrogens is 350 g/mol. The van der Waals surface area contributed by atoms with Crippen molar-refractivity contribution in [2.75, 3.05) is 39.3 Å². The van der Waals surface area contributed by atoms with Crippen LogP contribution in [0, 0.1) is 0 Å². The Morgan fingerprint density at radius 3 is 2.81 bits per heavy atom. The van der Waals surface area contributed by atoms with Gasteiger partial charge in [-0.05, 0) is 41.4 Å². The third-order valence-electron chi connectivity index (χ3n) is 4.53. The van der Waals surface area contributed by atoms with Crippen molar-refractivity contribution in [1.29, 1.82) is 0 Å². The number of carbonyl (C=O) groups excluding carboxylic acids is 1. The van der Waals surface area contributed by atoms with Gasteiger partial charge in [-0.15, -0.1) is 11.3 Å². The van der Waals surface area contributed by atoms with Crippen molar-refractivity contribution >= 4 is 33.2 Å². The molecule has 0 bridgehead atoms. The molecule has 1 N–H and O–H groups in total. The molecule has 21 heavy (non-hydrogen) atoms. The van der Waals surface area contributed by atoms with Crippen LogP contribution in [0.4, 0.5) is 0 Å². The molecule has 1 amide bonds. The fourth-order valence-electron chi connectivity index (χ4n) is 3.24. The van der Waals surface area contributed by atoms with Gasteiger partial charge >= 0.3 is 0 Å². The van der Waals surface area contributed by atoms with Gasteiger partial charge in [-0.3, -0.25) is 9.69 Å². The van der Waals surface area contributed by atoms with E-state index < -0.39 is 0 Å². The van der Waals surface area contributed by atoms with E-state index in [4.69, 9.17) is 0 Å². The lowest BCUT2D eigenvalue weighted by molar-refractivity contribution is -0.131. The van der Waals surface area contributed by atoms with Gasteiger partial charge < -0.3 is 10.2 Å². The quantitative estimate of drug-likeness (QED) is 0.883. The zero-order valence-corrected chi connectivity index (χ0v) is 14.8. The number of nitrogens with one attached hydrogen (secondary N) is 1. The predicted octanol–water partition coefficient (Wildman–Crippen LogP) is 2.12. The van der Waals surface area contributed by atoms with E-state index in [1.54, 1.807) is 11.3 Å². The fourth-order valence-corrected chi connectivity index (χ4v) is 4.71. The Bertz CT molecular complexity index is 501. The molecule has 3 rings (SSSR count). The summed E-state index contributed by atoms with van der Waals surface area (Å²) < 4.78 is 1.09. The zero-order valence-electron chi connectivity index (χ0n) is 12.3. The maximum absolute atomic E-state index is 12.7. The summed E-state index contributed by atoms with van der Waals surface area (Å²) in [6, 6.07) is 4.64. The summed E-state index contributed by atoms with van der Waals surface area (Å²) >= 11 is 5.14. The molecule has 2 fully saturated rings. The average Bonchev–Trinajstić information content (AvgIpc) is 3.16. The normalized spacial score (nSPS) is 25.2. The summed E-state index contributed by atoms with van der Waals surface area (Å²) in [6.07, 6.45) is 1.12. The lowest BCUT2D eigenvalue weighted by atomic mass is 10.1. The molecule has 1 aromatic heterocycles. The van der Waals surface area contributed by atoms with Crippen molar-refractivity contribution in [1.82, 2.24) is 15.1 Å². The van der Waals surface area contributed by atoms with E-state index in [1.807, 2.05) is 13.0 Å². The van der Waals surface area contributed by atoms with Gasteiger partial charge in [0.25, 0.3) is 0 Å². The number of likely N-dealkylation sites (tertiary alicyclic amines) is 1. The minimum Gasteiger partial charge on any atom is -0.341 e. The number of hydrogen-bond acceptors (Lipinski definition) is 4. The van der Waals surface area contributed by atoms with Crippen molar-refractivity contribution in [2.45, 2.75) is 25.3 Å². The molecule has 2 aliphatic heterocycles. The predicted molar refractivity (Wildman–Crippen MR) is 89.9 cm³/mol. The lowest BCUT2D eigenvalue weighted by Gasteiger charge is -2.32. The van der Waals surface area contributed by atoms with Crippen LogP contribution >= 0.6 is 27.3 Å². The number of piperazine rings is 1. The summed E-state index contributed by atoms with van der Waals surface area (Å²) in [4.78, 5) is 18.4. The van der Waals surface area contributed by atoms with Crippen molar-refractivity contribution < 1.29 is 4.79 Å². The van der Waals surface area contributed by atoms with Crippen LogP contribution in [0.3, 0.4) is 0 Å². The van der Waals surface area contributed by atoms with E-state index >= 15 is 0 Å². The largest absolute Gasteiger partial charge is 0.341 e. The zero-order chi connectivity index (χ0) is 14.8. The van der Waals surface area contributed by atoms with Gasteiger partial charge in [0.15, 0.2) is 0 Å². The number of thiophene rings is 1. The third-order valence-corrected chi connectivity index (χ3v) is 6.34. The molecule has 2 unspecified atom stereocenters. The second kappa shape index (κ2) is 6.77. The number of halogens is 1. The molecule has 6 heteroatoms. The summed E-state index contributed by atoms with van der Waals surface area (Å²) in [5.41, 5.74) is 0. The fraction of sp³-hybridized carbons (Fsp3) is 0.667. The Balaban J connectivity index is 1.58. The van der Waals surface area contributed by atoms with Gasteiger partial charge in [0.1, 0.15) is 0 Å². The van der Waals surface area contributed by atoms with Crippen LogP contribution < -0.4 is 5.32 Å². The first-order chi connectivity index (χ1) is 10.1. The number of carbonyl (C=O) groups is 1. The Kier molecular flexibility index (Phi) is 4.99. The number of rotatable bonds is 3. The van der Waals surface area contributed by atoms with Crippen LogP contribution in [0.1, 0.15) is 24.1 Å². The average molecular weight is 372 g/mol. The van der Waals surface area contributed by atoms with Gasteiger partial charge in [-0.1, -0.05) is 0 Å². The Morgan fingerprint density at radius 1 is 1.38 bits per heavy atom. The Hall–Kier alpha value is -0.430. The van der Waals surface area contributed by atoms with Gasteiger partial charge in [-0.2, -0.15) is 0 Å². The van der Waals surface area contributed by atoms with Crippen LogP contribution in [0.2, 0.25) is 0 Å².